The third-order valence-corrected chi connectivity index (χ3v) is 3.22. The molecule has 1 N–H and O–H groups in total. The minimum absolute atomic E-state index is 0.156. The zero-order valence-corrected chi connectivity index (χ0v) is 11.2. The highest BCUT2D eigenvalue weighted by atomic mass is 35.5. The monoisotopic (exact) mass is 286 g/mol. The molecule has 0 atom stereocenters. The fourth-order valence-corrected chi connectivity index (χ4v) is 2.03. The number of hydrogen-bond acceptors (Lipinski definition) is 4. The van der Waals surface area contributed by atoms with Crippen molar-refractivity contribution in [2.45, 2.75) is 6.61 Å². The van der Waals surface area contributed by atoms with Gasteiger partial charge in [-0.05, 0) is 18.2 Å². The molecule has 0 spiro atoms. The summed E-state index contributed by atoms with van der Waals surface area (Å²) in [6.07, 6.45) is 3.19. The van der Waals surface area contributed by atoms with Crippen molar-refractivity contribution < 1.29 is 9.84 Å². The molecule has 3 aromatic rings. The lowest BCUT2D eigenvalue weighted by atomic mass is 10.2. The summed E-state index contributed by atoms with van der Waals surface area (Å²) in [6, 6.07) is 11.1. The molecule has 4 nitrogen and oxygen atoms in total. The smallest absolute Gasteiger partial charge is 0.219 e. The maximum atomic E-state index is 9.17. The second-order valence-electron chi connectivity index (χ2n) is 4.23. The maximum Gasteiger partial charge on any atom is 0.219 e. The van der Waals surface area contributed by atoms with Gasteiger partial charge >= 0.3 is 0 Å². The Morgan fingerprint density at radius 3 is 2.90 bits per heavy atom. The van der Waals surface area contributed by atoms with Crippen LogP contribution in [0.5, 0.6) is 11.6 Å². The number of rotatable bonds is 3. The van der Waals surface area contributed by atoms with Gasteiger partial charge in [-0.3, -0.25) is 4.98 Å². The number of nitrogens with zero attached hydrogens (tertiary/aromatic N) is 2. The number of aliphatic hydroxyl groups is 1. The van der Waals surface area contributed by atoms with Crippen molar-refractivity contribution >= 4 is 22.5 Å². The highest BCUT2D eigenvalue weighted by Gasteiger charge is 2.05. The van der Waals surface area contributed by atoms with Crippen LogP contribution in [0.3, 0.4) is 0 Å². The number of ether oxygens (including phenoxy) is 1. The van der Waals surface area contributed by atoms with Crippen LogP contribution in [0, 0.1) is 0 Å². The van der Waals surface area contributed by atoms with Gasteiger partial charge in [0.1, 0.15) is 5.75 Å². The SMILES string of the molecule is OCc1cc(Oc2ccc3cccnc3c2)ncc1Cl. The number of aromatic nitrogens is 2. The number of fused-ring (bicyclic) bond motifs is 1. The van der Waals surface area contributed by atoms with Crippen LogP contribution in [0.1, 0.15) is 5.56 Å². The van der Waals surface area contributed by atoms with Crippen LogP contribution in [0.2, 0.25) is 5.02 Å². The van der Waals surface area contributed by atoms with E-state index in [1.165, 1.54) is 6.20 Å². The van der Waals surface area contributed by atoms with Gasteiger partial charge in [0.05, 0.1) is 17.1 Å². The highest BCUT2D eigenvalue weighted by Crippen LogP contribution is 2.26. The van der Waals surface area contributed by atoms with E-state index in [-0.39, 0.29) is 6.61 Å². The highest BCUT2D eigenvalue weighted by molar-refractivity contribution is 6.31. The molecule has 0 amide bonds. The summed E-state index contributed by atoms with van der Waals surface area (Å²) < 4.78 is 5.66. The lowest BCUT2D eigenvalue weighted by Crippen LogP contribution is -1.92. The van der Waals surface area contributed by atoms with E-state index in [0.717, 1.165) is 10.9 Å². The third kappa shape index (κ3) is 2.57. The molecule has 2 heterocycles. The number of hydrogen-bond donors (Lipinski definition) is 1. The van der Waals surface area contributed by atoms with E-state index < -0.39 is 0 Å². The van der Waals surface area contributed by atoms with E-state index in [9.17, 15) is 5.11 Å². The average molecular weight is 287 g/mol. The second-order valence-corrected chi connectivity index (χ2v) is 4.64. The number of pyridine rings is 2. The molecule has 0 aliphatic rings. The van der Waals surface area contributed by atoms with Crippen LogP contribution >= 0.6 is 11.6 Å². The van der Waals surface area contributed by atoms with Gasteiger partial charge in [-0.1, -0.05) is 17.7 Å². The maximum absolute atomic E-state index is 9.17. The van der Waals surface area contributed by atoms with Crippen LogP contribution in [-0.4, -0.2) is 15.1 Å². The Morgan fingerprint density at radius 1 is 1.15 bits per heavy atom. The first-order valence-corrected chi connectivity index (χ1v) is 6.42. The van der Waals surface area contributed by atoms with Crippen molar-refractivity contribution in [1.29, 1.82) is 0 Å². The normalized spacial score (nSPS) is 10.7. The number of halogens is 1. The van der Waals surface area contributed by atoms with Crippen molar-refractivity contribution in [3.05, 3.63) is 59.4 Å². The Bertz CT molecular complexity index is 762. The molecule has 20 heavy (non-hydrogen) atoms. The standard InChI is InChI=1S/C15H11ClN2O2/c16-13-8-18-15(6-11(13)9-19)20-12-4-3-10-2-1-5-17-14(10)7-12/h1-8,19H,9H2. The van der Waals surface area contributed by atoms with Crippen LogP contribution < -0.4 is 4.74 Å². The largest absolute Gasteiger partial charge is 0.439 e. The van der Waals surface area contributed by atoms with Gasteiger partial charge in [-0.2, -0.15) is 0 Å². The number of aliphatic hydroxyl groups excluding tert-OH is 1. The molecule has 5 heteroatoms. The molecule has 0 radical (unpaired) electrons. The van der Waals surface area contributed by atoms with E-state index in [1.54, 1.807) is 12.3 Å². The molecule has 0 bridgehead atoms. The first kappa shape index (κ1) is 12.8. The Kier molecular flexibility index (Phi) is 3.50. The van der Waals surface area contributed by atoms with Crippen molar-refractivity contribution in [1.82, 2.24) is 9.97 Å². The van der Waals surface area contributed by atoms with E-state index in [4.69, 9.17) is 16.3 Å². The van der Waals surface area contributed by atoms with E-state index in [1.807, 2.05) is 30.3 Å². The topological polar surface area (TPSA) is 55.2 Å². The zero-order valence-electron chi connectivity index (χ0n) is 10.5. The van der Waals surface area contributed by atoms with Crippen molar-refractivity contribution in [3.63, 3.8) is 0 Å². The van der Waals surface area contributed by atoms with E-state index >= 15 is 0 Å². The summed E-state index contributed by atoms with van der Waals surface area (Å²) in [5, 5.41) is 10.6. The Labute approximate surface area is 120 Å². The summed E-state index contributed by atoms with van der Waals surface area (Å²) in [5.74, 6) is 1.02. The summed E-state index contributed by atoms with van der Waals surface area (Å²) >= 11 is 5.89. The van der Waals surface area contributed by atoms with Crippen molar-refractivity contribution in [3.8, 4) is 11.6 Å². The summed E-state index contributed by atoms with van der Waals surface area (Å²) in [5.41, 5.74) is 1.43. The molecule has 0 saturated heterocycles. The van der Waals surface area contributed by atoms with Gasteiger partial charge in [-0.15, -0.1) is 0 Å². The van der Waals surface area contributed by atoms with Crippen LogP contribution in [-0.2, 0) is 6.61 Å². The van der Waals surface area contributed by atoms with Gasteiger partial charge in [-0.25, -0.2) is 4.98 Å². The minimum atomic E-state index is -0.156. The molecular formula is C15H11ClN2O2. The molecule has 2 aromatic heterocycles. The van der Waals surface area contributed by atoms with Gasteiger partial charge in [0.15, 0.2) is 0 Å². The predicted molar refractivity (Wildman–Crippen MR) is 77.0 cm³/mol. The predicted octanol–water partition coefficient (Wildman–Crippen LogP) is 3.57. The summed E-state index contributed by atoms with van der Waals surface area (Å²) in [7, 11) is 0. The van der Waals surface area contributed by atoms with E-state index in [2.05, 4.69) is 9.97 Å². The van der Waals surface area contributed by atoms with Gasteiger partial charge in [0, 0.05) is 35.5 Å². The van der Waals surface area contributed by atoms with E-state index in [0.29, 0.717) is 22.2 Å². The Balaban J connectivity index is 1.92. The van der Waals surface area contributed by atoms with Crippen molar-refractivity contribution in [2.75, 3.05) is 0 Å². The fourth-order valence-electron chi connectivity index (χ4n) is 1.87. The summed E-state index contributed by atoms with van der Waals surface area (Å²) in [6.45, 7) is -0.156. The quantitative estimate of drug-likeness (QED) is 0.800. The third-order valence-electron chi connectivity index (χ3n) is 2.88. The molecule has 0 saturated carbocycles. The Hall–Kier alpha value is -2.17. The number of benzene rings is 1. The van der Waals surface area contributed by atoms with Gasteiger partial charge < -0.3 is 9.84 Å². The molecule has 100 valence electrons. The molecule has 0 unspecified atom stereocenters. The molecule has 3 rings (SSSR count). The molecule has 0 fully saturated rings. The Morgan fingerprint density at radius 2 is 2.05 bits per heavy atom. The average Bonchev–Trinajstić information content (AvgIpc) is 2.49. The lowest BCUT2D eigenvalue weighted by molar-refractivity contribution is 0.281. The van der Waals surface area contributed by atoms with Gasteiger partial charge in [0.2, 0.25) is 5.88 Å². The summed E-state index contributed by atoms with van der Waals surface area (Å²) in [4.78, 5) is 8.35. The van der Waals surface area contributed by atoms with Crippen molar-refractivity contribution in [2.24, 2.45) is 0 Å². The molecular weight excluding hydrogens is 276 g/mol. The molecule has 0 aliphatic carbocycles. The zero-order chi connectivity index (χ0) is 13.9. The van der Waals surface area contributed by atoms with Crippen LogP contribution in [0.15, 0.2) is 48.8 Å². The molecule has 1 aromatic carbocycles. The second kappa shape index (κ2) is 5.45. The van der Waals surface area contributed by atoms with Gasteiger partial charge in [0.25, 0.3) is 0 Å². The minimum Gasteiger partial charge on any atom is -0.439 e. The van der Waals surface area contributed by atoms with Crippen LogP contribution in [0.25, 0.3) is 10.9 Å². The lowest BCUT2D eigenvalue weighted by Gasteiger charge is -2.07. The first-order valence-electron chi connectivity index (χ1n) is 6.04. The van der Waals surface area contributed by atoms with Crippen LogP contribution in [0.4, 0.5) is 0 Å². The molecule has 0 aliphatic heterocycles. The fraction of sp³-hybridized carbons (Fsp3) is 0.0667. The first-order chi connectivity index (χ1) is 9.76.